The first-order chi connectivity index (χ1) is 14.0. The molecule has 1 atom stereocenters. The fourth-order valence-electron chi connectivity index (χ4n) is 3.39. The van der Waals surface area contributed by atoms with E-state index < -0.39 is 17.7 Å². The summed E-state index contributed by atoms with van der Waals surface area (Å²) in [5.41, 5.74) is 2.83. The van der Waals surface area contributed by atoms with Gasteiger partial charge in [-0.05, 0) is 36.2 Å². The van der Waals surface area contributed by atoms with Gasteiger partial charge in [0, 0.05) is 31.3 Å². The van der Waals surface area contributed by atoms with Crippen LogP contribution in [0, 0.1) is 11.6 Å². The zero-order chi connectivity index (χ0) is 20.4. The molecule has 1 aromatic carbocycles. The third kappa shape index (κ3) is 4.21. The molecule has 0 spiro atoms. The molecule has 0 radical (unpaired) electrons. The molecule has 1 aliphatic rings. The highest BCUT2D eigenvalue weighted by Crippen LogP contribution is 2.30. The maximum Gasteiger partial charge on any atom is 0.243 e. The zero-order valence-corrected chi connectivity index (χ0v) is 15.6. The summed E-state index contributed by atoms with van der Waals surface area (Å²) in [6.07, 6.45) is 6.20. The second-order valence-corrected chi connectivity index (χ2v) is 6.98. The van der Waals surface area contributed by atoms with Crippen LogP contribution in [-0.2, 0) is 11.3 Å². The van der Waals surface area contributed by atoms with Gasteiger partial charge in [-0.2, -0.15) is 10.2 Å². The van der Waals surface area contributed by atoms with Gasteiger partial charge in [0.15, 0.2) is 0 Å². The fourth-order valence-corrected chi connectivity index (χ4v) is 3.39. The standard InChI is InChI=1S/C21H19F2N5O/c1-14(12-27-13-19-18(26-27)3-2-7-24-19)4-5-21(29)28-20(6-8-25-28)15-9-16(22)11-17(23)10-15/h2-3,7-11,13,20H,1,4-6,12H2. The van der Waals surface area contributed by atoms with Crippen LogP contribution in [0.4, 0.5) is 8.78 Å². The Kier molecular flexibility index (Phi) is 5.16. The summed E-state index contributed by atoms with van der Waals surface area (Å²) in [6.45, 7) is 4.51. The number of hydrogen-bond acceptors (Lipinski definition) is 4. The number of aromatic nitrogens is 3. The third-order valence-electron chi connectivity index (χ3n) is 4.76. The molecule has 3 aromatic rings. The Balaban J connectivity index is 1.36. The van der Waals surface area contributed by atoms with Crippen LogP contribution in [0.2, 0.25) is 0 Å². The third-order valence-corrected chi connectivity index (χ3v) is 4.76. The lowest BCUT2D eigenvalue weighted by Gasteiger charge is -2.22. The van der Waals surface area contributed by atoms with Crippen LogP contribution >= 0.6 is 0 Å². The van der Waals surface area contributed by atoms with Gasteiger partial charge in [-0.3, -0.25) is 14.5 Å². The Labute approximate surface area is 166 Å². The first kappa shape index (κ1) is 18.9. The quantitative estimate of drug-likeness (QED) is 0.593. The number of hydrogen-bond donors (Lipinski definition) is 0. The van der Waals surface area contributed by atoms with E-state index in [9.17, 15) is 13.6 Å². The molecular formula is C21H19F2N5O. The highest BCUT2D eigenvalue weighted by Gasteiger charge is 2.28. The van der Waals surface area contributed by atoms with Crippen molar-refractivity contribution in [1.82, 2.24) is 19.8 Å². The molecule has 3 heterocycles. The minimum absolute atomic E-state index is 0.198. The van der Waals surface area contributed by atoms with Crippen molar-refractivity contribution in [3.05, 3.63) is 72.1 Å². The number of benzene rings is 1. The van der Waals surface area contributed by atoms with E-state index >= 15 is 0 Å². The van der Waals surface area contributed by atoms with Crippen LogP contribution in [0.1, 0.15) is 30.9 Å². The van der Waals surface area contributed by atoms with Crippen LogP contribution in [0.5, 0.6) is 0 Å². The van der Waals surface area contributed by atoms with E-state index in [1.807, 2.05) is 18.3 Å². The van der Waals surface area contributed by atoms with Crippen molar-refractivity contribution in [2.24, 2.45) is 5.10 Å². The van der Waals surface area contributed by atoms with Crippen LogP contribution in [0.3, 0.4) is 0 Å². The van der Waals surface area contributed by atoms with Gasteiger partial charge in [-0.25, -0.2) is 13.8 Å². The largest absolute Gasteiger partial charge is 0.273 e. The SMILES string of the molecule is C=C(CCC(=O)N1N=CCC1c1cc(F)cc(F)c1)Cn1cc2ncccc2n1. The molecule has 8 heteroatoms. The maximum absolute atomic E-state index is 13.5. The number of halogens is 2. The van der Waals surface area contributed by atoms with Gasteiger partial charge < -0.3 is 0 Å². The summed E-state index contributed by atoms with van der Waals surface area (Å²) in [6, 6.07) is 6.49. The first-order valence-electron chi connectivity index (χ1n) is 9.25. The van der Waals surface area contributed by atoms with Gasteiger partial charge in [0.1, 0.15) is 22.7 Å². The van der Waals surface area contributed by atoms with E-state index in [2.05, 4.69) is 21.8 Å². The second kappa shape index (κ2) is 7.90. The van der Waals surface area contributed by atoms with Crippen molar-refractivity contribution in [3.8, 4) is 0 Å². The number of carbonyl (C=O) groups is 1. The predicted molar refractivity (Wildman–Crippen MR) is 105 cm³/mol. The molecule has 0 aliphatic carbocycles. The number of nitrogens with zero attached hydrogens (tertiary/aromatic N) is 5. The monoisotopic (exact) mass is 395 g/mol. The molecule has 148 valence electrons. The van der Waals surface area contributed by atoms with Crippen molar-refractivity contribution in [2.75, 3.05) is 0 Å². The number of fused-ring (bicyclic) bond motifs is 1. The summed E-state index contributed by atoms with van der Waals surface area (Å²) < 4.78 is 28.8. The Morgan fingerprint density at radius 2 is 1.97 bits per heavy atom. The van der Waals surface area contributed by atoms with Crippen molar-refractivity contribution in [1.29, 1.82) is 0 Å². The second-order valence-electron chi connectivity index (χ2n) is 6.98. The minimum Gasteiger partial charge on any atom is -0.273 e. The number of amides is 1. The highest BCUT2D eigenvalue weighted by atomic mass is 19.1. The molecule has 1 unspecified atom stereocenters. The van der Waals surface area contributed by atoms with E-state index in [4.69, 9.17) is 0 Å². The van der Waals surface area contributed by atoms with Gasteiger partial charge in [0.25, 0.3) is 0 Å². The summed E-state index contributed by atoms with van der Waals surface area (Å²) in [4.78, 5) is 16.9. The molecule has 0 bridgehead atoms. The van der Waals surface area contributed by atoms with Gasteiger partial charge in [0.2, 0.25) is 5.91 Å². The highest BCUT2D eigenvalue weighted by molar-refractivity contribution is 5.80. The molecule has 6 nitrogen and oxygen atoms in total. The van der Waals surface area contributed by atoms with Crippen LogP contribution < -0.4 is 0 Å². The predicted octanol–water partition coefficient (Wildman–Crippen LogP) is 4.01. The van der Waals surface area contributed by atoms with Crippen molar-refractivity contribution >= 4 is 23.2 Å². The number of hydrazone groups is 1. The Morgan fingerprint density at radius 3 is 2.72 bits per heavy atom. The normalized spacial score (nSPS) is 15.9. The van der Waals surface area contributed by atoms with Gasteiger partial charge in [-0.15, -0.1) is 0 Å². The molecule has 29 heavy (non-hydrogen) atoms. The molecule has 0 saturated heterocycles. The molecule has 0 saturated carbocycles. The molecule has 1 amide bonds. The zero-order valence-electron chi connectivity index (χ0n) is 15.6. The number of rotatable bonds is 6. The van der Waals surface area contributed by atoms with Gasteiger partial charge in [-0.1, -0.05) is 12.2 Å². The molecular weight excluding hydrogens is 376 g/mol. The van der Waals surface area contributed by atoms with Crippen LogP contribution in [-0.4, -0.2) is 31.9 Å². The average molecular weight is 395 g/mol. The van der Waals surface area contributed by atoms with Crippen molar-refractivity contribution in [2.45, 2.75) is 31.8 Å². The molecule has 0 N–H and O–H groups in total. The Hall–Kier alpha value is -3.42. The number of carbonyl (C=O) groups excluding carboxylic acids is 1. The van der Waals surface area contributed by atoms with E-state index in [1.165, 1.54) is 17.1 Å². The number of allylic oxidation sites excluding steroid dienone is 1. The van der Waals surface area contributed by atoms with Crippen molar-refractivity contribution in [3.63, 3.8) is 0 Å². The van der Waals surface area contributed by atoms with E-state index in [1.54, 1.807) is 17.1 Å². The van der Waals surface area contributed by atoms with Crippen molar-refractivity contribution < 1.29 is 13.6 Å². The van der Waals surface area contributed by atoms with Crippen LogP contribution in [0.15, 0.2) is 60.0 Å². The molecule has 0 fully saturated rings. The molecule has 4 rings (SSSR count). The smallest absolute Gasteiger partial charge is 0.243 e. The Morgan fingerprint density at radius 1 is 1.17 bits per heavy atom. The lowest BCUT2D eigenvalue weighted by molar-refractivity contribution is -0.133. The van der Waals surface area contributed by atoms with Gasteiger partial charge in [0.05, 0.1) is 18.8 Å². The topological polar surface area (TPSA) is 63.4 Å². The van der Waals surface area contributed by atoms with E-state index in [0.29, 0.717) is 24.9 Å². The van der Waals surface area contributed by atoms with E-state index in [0.717, 1.165) is 22.7 Å². The fraction of sp³-hybridized carbons (Fsp3) is 0.238. The lowest BCUT2D eigenvalue weighted by atomic mass is 10.0. The van der Waals surface area contributed by atoms with Crippen LogP contribution in [0.25, 0.3) is 11.0 Å². The number of pyridine rings is 1. The average Bonchev–Trinajstić information content (AvgIpc) is 3.31. The summed E-state index contributed by atoms with van der Waals surface area (Å²) >= 11 is 0. The van der Waals surface area contributed by atoms with Gasteiger partial charge >= 0.3 is 0 Å². The summed E-state index contributed by atoms with van der Waals surface area (Å²) in [7, 11) is 0. The lowest BCUT2D eigenvalue weighted by Crippen LogP contribution is -2.27. The summed E-state index contributed by atoms with van der Waals surface area (Å²) in [5, 5.41) is 9.83. The molecule has 1 aliphatic heterocycles. The molecule has 2 aromatic heterocycles. The minimum atomic E-state index is -0.672. The first-order valence-corrected chi connectivity index (χ1v) is 9.25. The maximum atomic E-state index is 13.5. The Bertz CT molecular complexity index is 1050. The summed E-state index contributed by atoms with van der Waals surface area (Å²) in [5.74, 6) is -1.57. The van der Waals surface area contributed by atoms with E-state index in [-0.39, 0.29) is 12.3 Å².